The Morgan fingerprint density at radius 2 is 1.76 bits per heavy atom. The van der Waals surface area contributed by atoms with Gasteiger partial charge in [0.1, 0.15) is 18.5 Å². The second kappa shape index (κ2) is 10.4. The number of hydrogen-bond acceptors (Lipinski definition) is 6. The summed E-state index contributed by atoms with van der Waals surface area (Å²) in [6.07, 6.45) is 1.37. The molecule has 0 bridgehead atoms. The first-order valence-electron chi connectivity index (χ1n) is 11.7. The smallest absolute Gasteiger partial charge is 0.335 e. The SMILES string of the molecule is CC(C)c1onc(-c2c(Cl)cccc2Cl)c1OCc1ccc2c(=O)c(-c3ccc(C(=O)O)cc3)coc2c1. The summed E-state index contributed by atoms with van der Waals surface area (Å²) in [5, 5.41) is 14.5. The van der Waals surface area contributed by atoms with Crippen LogP contribution < -0.4 is 10.2 Å². The number of carboxylic acids is 1. The molecule has 0 saturated heterocycles. The maximum Gasteiger partial charge on any atom is 0.335 e. The van der Waals surface area contributed by atoms with E-state index in [9.17, 15) is 9.59 Å². The van der Waals surface area contributed by atoms with Crippen molar-refractivity contribution in [2.45, 2.75) is 26.4 Å². The number of aromatic nitrogens is 1. The number of hydrogen-bond donors (Lipinski definition) is 1. The Hall–Kier alpha value is -4.07. The maximum absolute atomic E-state index is 13.1. The van der Waals surface area contributed by atoms with Crippen LogP contribution in [0, 0.1) is 0 Å². The van der Waals surface area contributed by atoms with E-state index in [0.717, 1.165) is 5.56 Å². The fourth-order valence-electron chi connectivity index (χ4n) is 4.09. The Bertz CT molecular complexity index is 1700. The van der Waals surface area contributed by atoms with E-state index in [0.29, 0.717) is 54.9 Å². The molecule has 0 amide bonds. The number of rotatable bonds is 7. The summed E-state index contributed by atoms with van der Waals surface area (Å²) in [7, 11) is 0. The van der Waals surface area contributed by atoms with Crippen LogP contribution in [0.4, 0.5) is 0 Å². The largest absolute Gasteiger partial charge is 0.483 e. The number of nitrogens with zero attached hydrogens (tertiary/aromatic N) is 1. The molecule has 0 radical (unpaired) electrons. The second-order valence-electron chi connectivity index (χ2n) is 8.96. The third kappa shape index (κ3) is 4.78. The van der Waals surface area contributed by atoms with Gasteiger partial charge in [0, 0.05) is 11.5 Å². The summed E-state index contributed by atoms with van der Waals surface area (Å²) < 4.78 is 17.6. The van der Waals surface area contributed by atoms with Crippen LogP contribution in [0.2, 0.25) is 10.0 Å². The molecule has 3 aromatic carbocycles. The van der Waals surface area contributed by atoms with Gasteiger partial charge in [-0.15, -0.1) is 0 Å². The van der Waals surface area contributed by atoms with Crippen molar-refractivity contribution in [3.63, 3.8) is 0 Å². The Morgan fingerprint density at radius 1 is 1.05 bits per heavy atom. The maximum atomic E-state index is 13.1. The van der Waals surface area contributed by atoms with E-state index in [1.807, 2.05) is 13.8 Å². The highest BCUT2D eigenvalue weighted by Crippen LogP contribution is 2.43. The first-order chi connectivity index (χ1) is 18.2. The van der Waals surface area contributed by atoms with Gasteiger partial charge in [0.15, 0.2) is 22.6 Å². The minimum atomic E-state index is -1.04. The molecule has 0 atom stereocenters. The van der Waals surface area contributed by atoms with E-state index in [2.05, 4.69) is 5.16 Å². The van der Waals surface area contributed by atoms with Crippen LogP contribution in [0.15, 0.2) is 80.7 Å². The molecule has 192 valence electrons. The lowest BCUT2D eigenvalue weighted by Gasteiger charge is -2.11. The lowest BCUT2D eigenvalue weighted by Crippen LogP contribution is -2.06. The molecule has 0 unspecified atom stereocenters. The Labute approximate surface area is 227 Å². The monoisotopic (exact) mass is 549 g/mol. The summed E-state index contributed by atoms with van der Waals surface area (Å²) in [5.74, 6) is -0.0469. The molecule has 1 N–H and O–H groups in total. The van der Waals surface area contributed by atoms with Crippen LogP contribution >= 0.6 is 23.2 Å². The molecule has 2 heterocycles. The van der Waals surface area contributed by atoms with E-state index in [-0.39, 0.29) is 23.5 Å². The van der Waals surface area contributed by atoms with Crippen LogP contribution in [0.5, 0.6) is 5.75 Å². The van der Waals surface area contributed by atoms with Crippen molar-refractivity contribution in [3.8, 4) is 28.1 Å². The molecule has 0 saturated carbocycles. The van der Waals surface area contributed by atoms with E-state index in [1.54, 1.807) is 48.5 Å². The fraction of sp³-hybridized carbons (Fsp3) is 0.138. The van der Waals surface area contributed by atoms with E-state index in [1.165, 1.54) is 18.4 Å². The van der Waals surface area contributed by atoms with Gasteiger partial charge in [0.25, 0.3) is 0 Å². The van der Waals surface area contributed by atoms with Crippen LogP contribution in [0.3, 0.4) is 0 Å². The first-order valence-corrected chi connectivity index (χ1v) is 12.4. The normalized spacial score (nSPS) is 11.3. The molecule has 9 heteroatoms. The number of aromatic carboxylic acids is 1. The highest BCUT2D eigenvalue weighted by Gasteiger charge is 2.25. The number of ether oxygens (including phenoxy) is 1. The van der Waals surface area contributed by atoms with Gasteiger partial charge in [-0.3, -0.25) is 4.79 Å². The topological polar surface area (TPSA) is 103 Å². The highest BCUT2D eigenvalue weighted by molar-refractivity contribution is 6.39. The van der Waals surface area contributed by atoms with Crippen molar-refractivity contribution in [2.75, 3.05) is 0 Å². The number of benzene rings is 3. The zero-order valence-electron chi connectivity index (χ0n) is 20.3. The van der Waals surface area contributed by atoms with Gasteiger partial charge in [0.05, 0.1) is 26.6 Å². The summed E-state index contributed by atoms with van der Waals surface area (Å²) in [4.78, 5) is 24.2. The molecule has 0 spiro atoms. The quantitative estimate of drug-likeness (QED) is 0.220. The number of fused-ring (bicyclic) bond motifs is 1. The molecular formula is C29H21Cl2NO6. The van der Waals surface area contributed by atoms with Crippen molar-refractivity contribution >= 4 is 40.1 Å². The second-order valence-corrected chi connectivity index (χ2v) is 9.77. The van der Waals surface area contributed by atoms with Crippen LogP contribution in [-0.2, 0) is 6.61 Å². The van der Waals surface area contributed by atoms with E-state index >= 15 is 0 Å². The van der Waals surface area contributed by atoms with Crippen molar-refractivity contribution in [1.29, 1.82) is 0 Å². The molecule has 0 fully saturated rings. The predicted molar refractivity (Wildman–Crippen MR) is 145 cm³/mol. The lowest BCUT2D eigenvalue weighted by atomic mass is 10.0. The molecule has 0 aliphatic heterocycles. The average Bonchev–Trinajstić information content (AvgIpc) is 3.31. The Balaban J connectivity index is 1.45. The number of halogens is 2. The molecule has 5 rings (SSSR count). The summed E-state index contributed by atoms with van der Waals surface area (Å²) >= 11 is 12.8. The minimum absolute atomic E-state index is 0.00914. The van der Waals surface area contributed by atoms with Gasteiger partial charge in [-0.1, -0.05) is 66.5 Å². The highest BCUT2D eigenvalue weighted by atomic mass is 35.5. The lowest BCUT2D eigenvalue weighted by molar-refractivity contribution is 0.0697. The average molecular weight is 550 g/mol. The van der Waals surface area contributed by atoms with Crippen molar-refractivity contribution in [2.24, 2.45) is 0 Å². The van der Waals surface area contributed by atoms with Crippen LogP contribution in [0.1, 0.15) is 41.4 Å². The minimum Gasteiger partial charge on any atom is -0.483 e. The summed E-state index contributed by atoms with van der Waals surface area (Å²) in [5.41, 5.74) is 2.90. The molecule has 2 aromatic heterocycles. The van der Waals surface area contributed by atoms with Gasteiger partial charge in [-0.05, 0) is 47.5 Å². The Kier molecular flexibility index (Phi) is 6.97. The van der Waals surface area contributed by atoms with Gasteiger partial charge >= 0.3 is 5.97 Å². The molecule has 5 aromatic rings. The summed E-state index contributed by atoms with van der Waals surface area (Å²) in [6.45, 7) is 4.07. The first kappa shape index (κ1) is 25.6. The molecule has 0 aliphatic rings. The summed E-state index contributed by atoms with van der Waals surface area (Å²) in [6, 6.07) is 16.4. The van der Waals surface area contributed by atoms with Crippen molar-refractivity contribution in [3.05, 3.63) is 104 Å². The van der Waals surface area contributed by atoms with Gasteiger partial charge < -0.3 is 18.8 Å². The van der Waals surface area contributed by atoms with Crippen LogP contribution in [-0.4, -0.2) is 16.2 Å². The standard InChI is InChI=1S/C29H21Cl2NO6/c1-15(2)27-28(25(32-38-27)24-21(30)4-3-5-22(24)31)37-13-16-6-11-19-23(12-16)36-14-20(26(19)33)17-7-9-18(10-8-17)29(34)35/h3-12,14-15H,13H2,1-2H3,(H,34,35). The molecule has 7 nitrogen and oxygen atoms in total. The van der Waals surface area contributed by atoms with Crippen molar-refractivity contribution in [1.82, 2.24) is 5.16 Å². The molecule has 0 aliphatic carbocycles. The third-order valence-electron chi connectivity index (χ3n) is 6.06. The molecular weight excluding hydrogens is 529 g/mol. The Morgan fingerprint density at radius 3 is 2.42 bits per heavy atom. The van der Waals surface area contributed by atoms with Gasteiger partial charge in [-0.2, -0.15) is 0 Å². The zero-order chi connectivity index (χ0) is 27.0. The van der Waals surface area contributed by atoms with Crippen LogP contribution in [0.25, 0.3) is 33.4 Å². The number of carboxylic acid groups (broad SMARTS) is 1. The van der Waals surface area contributed by atoms with E-state index in [4.69, 9.17) is 42.0 Å². The van der Waals surface area contributed by atoms with Gasteiger partial charge in [-0.25, -0.2) is 4.79 Å². The third-order valence-corrected chi connectivity index (χ3v) is 6.69. The number of carbonyl (C=O) groups is 1. The van der Waals surface area contributed by atoms with Crippen molar-refractivity contribution < 1.29 is 23.6 Å². The fourth-order valence-corrected chi connectivity index (χ4v) is 4.67. The van der Waals surface area contributed by atoms with Gasteiger partial charge in [0.2, 0.25) is 0 Å². The molecule has 38 heavy (non-hydrogen) atoms. The zero-order valence-corrected chi connectivity index (χ0v) is 21.8. The van der Waals surface area contributed by atoms with E-state index < -0.39 is 5.97 Å². The predicted octanol–water partition coefficient (Wildman–Crippen LogP) is 7.82.